The maximum atomic E-state index is 5.69. The molecular weight excluding hydrogens is 204 g/mol. The van der Waals surface area contributed by atoms with Crippen molar-refractivity contribution < 1.29 is 9.47 Å². The largest absolute Gasteiger partial charge is 0.356 e. The molecule has 1 aliphatic heterocycles. The molecule has 1 fully saturated rings. The second-order valence-electron chi connectivity index (χ2n) is 3.78. The SMILES string of the molecule is CCOCOC1CCCN1c1cccnc1. The fourth-order valence-electron chi connectivity index (χ4n) is 1.94. The van der Waals surface area contributed by atoms with E-state index < -0.39 is 0 Å². The average Bonchev–Trinajstić information content (AvgIpc) is 2.79. The summed E-state index contributed by atoms with van der Waals surface area (Å²) < 4.78 is 10.9. The first kappa shape index (κ1) is 11.4. The summed E-state index contributed by atoms with van der Waals surface area (Å²) in [5, 5.41) is 0. The van der Waals surface area contributed by atoms with Crippen molar-refractivity contribution in [3.63, 3.8) is 0 Å². The van der Waals surface area contributed by atoms with Crippen molar-refractivity contribution in [1.82, 2.24) is 4.98 Å². The lowest BCUT2D eigenvalue weighted by Gasteiger charge is -2.26. The van der Waals surface area contributed by atoms with Gasteiger partial charge in [0, 0.05) is 19.3 Å². The predicted molar refractivity (Wildman–Crippen MR) is 62.2 cm³/mol. The van der Waals surface area contributed by atoms with Crippen LogP contribution in [-0.4, -0.2) is 31.2 Å². The molecule has 4 nitrogen and oxygen atoms in total. The highest BCUT2D eigenvalue weighted by atomic mass is 16.7. The topological polar surface area (TPSA) is 34.6 Å². The molecule has 1 aromatic rings. The molecule has 0 N–H and O–H groups in total. The smallest absolute Gasteiger partial charge is 0.149 e. The molecule has 0 aliphatic carbocycles. The Bertz CT molecular complexity index is 305. The molecule has 4 heteroatoms. The number of nitrogens with zero attached hydrogens (tertiary/aromatic N) is 2. The highest BCUT2D eigenvalue weighted by molar-refractivity contribution is 5.45. The van der Waals surface area contributed by atoms with Gasteiger partial charge < -0.3 is 14.4 Å². The van der Waals surface area contributed by atoms with E-state index in [1.807, 2.05) is 19.2 Å². The van der Waals surface area contributed by atoms with Gasteiger partial charge in [0.25, 0.3) is 0 Å². The Kier molecular flexibility index (Phi) is 4.13. The van der Waals surface area contributed by atoms with Crippen LogP contribution < -0.4 is 4.90 Å². The number of anilines is 1. The zero-order chi connectivity index (χ0) is 11.2. The van der Waals surface area contributed by atoms with Crippen molar-refractivity contribution >= 4 is 5.69 Å². The zero-order valence-electron chi connectivity index (χ0n) is 9.63. The summed E-state index contributed by atoms with van der Waals surface area (Å²) in [5.74, 6) is 0. The van der Waals surface area contributed by atoms with Gasteiger partial charge in [-0.1, -0.05) is 0 Å². The lowest BCUT2D eigenvalue weighted by atomic mass is 10.3. The average molecular weight is 222 g/mol. The van der Waals surface area contributed by atoms with Crippen LogP contribution in [0.15, 0.2) is 24.5 Å². The van der Waals surface area contributed by atoms with Crippen LogP contribution in [0.5, 0.6) is 0 Å². The van der Waals surface area contributed by atoms with Gasteiger partial charge in [0.2, 0.25) is 0 Å². The predicted octanol–water partition coefficient (Wildman–Crippen LogP) is 2.02. The second-order valence-corrected chi connectivity index (χ2v) is 3.78. The highest BCUT2D eigenvalue weighted by Crippen LogP contribution is 2.25. The van der Waals surface area contributed by atoms with Crippen molar-refractivity contribution in [1.29, 1.82) is 0 Å². The molecule has 1 aromatic heterocycles. The van der Waals surface area contributed by atoms with Crippen LogP contribution >= 0.6 is 0 Å². The molecule has 0 spiro atoms. The Hall–Kier alpha value is -1.13. The lowest BCUT2D eigenvalue weighted by Crippen LogP contribution is -2.32. The highest BCUT2D eigenvalue weighted by Gasteiger charge is 2.25. The summed E-state index contributed by atoms with van der Waals surface area (Å²) in [6.45, 7) is 4.07. The maximum absolute atomic E-state index is 5.69. The fourth-order valence-corrected chi connectivity index (χ4v) is 1.94. The Labute approximate surface area is 96.2 Å². The van der Waals surface area contributed by atoms with Gasteiger partial charge in [-0.15, -0.1) is 0 Å². The van der Waals surface area contributed by atoms with Crippen molar-refractivity contribution in [2.24, 2.45) is 0 Å². The number of ether oxygens (including phenoxy) is 2. The van der Waals surface area contributed by atoms with Gasteiger partial charge in [0.05, 0.1) is 11.9 Å². The van der Waals surface area contributed by atoms with Gasteiger partial charge in [-0.3, -0.25) is 4.98 Å². The summed E-state index contributed by atoms with van der Waals surface area (Å²) in [6, 6.07) is 4.02. The van der Waals surface area contributed by atoms with Crippen LogP contribution in [-0.2, 0) is 9.47 Å². The first-order valence-corrected chi connectivity index (χ1v) is 5.78. The molecule has 1 saturated heterocycles. The Morgan fingerprint density at radius 1 is 1.56 bits per heavy atom. The number of hydrogen-bond donors (Lipinski definition) is 0. The number of aromatic nitrogens is 1. The number of rotatable bonds is 5. The first-order chi connectivity index (χ1) is 7.92. The summed E-state index contributed by atoms with van der Waals surface area (Å²) in [5.41, 5.74) is 1.13. The Morgan fingerprint density at radius 2 is 2.50 bits per heavy atom. The minimum atomic E-state index is 0.135. The van der Waals surface area contributed by atoms with Crippen LogP contribution in [0.4, 0.5) is 5.69 Å². The monoisotopic (exact) mass is 222 g/mol. The minimum Gasteiger partial charge on any atom is -0.356 e. The standard InChI is InChI=1S/C12H18N2O2/c1-2-15-10-16-12-6-4-8-14(12)11-5-3-7-13-9-11/h3,5,7,9,12H,2,4,6,8,10H2,1H3. The molecule has 0 amide bonds. The van der Waals surface area contributed by atoms with Gasteiger partial charge in [0.15, 0.2) is 0 Å². The van der Waals surface area contributed by atoms with E-state index in [-0.39, 0.29) is 6.23 Å². The summed E-state index contributed by atoms with van der Waals surface area (Å²) >= 11 is 0. The molecule has 2 rings (SSSR count). The van der Waals surface area contributed by atoms with E-state index in [0.29, 0.717) is 13.4 Å². The molecule has 88 valence electrons. The van der Waals surface area contributed by atoms with E-state index in [1.165, 1.54) is 0 Å². The lowest BCUT2D eigenvalue weighted by molar-refractivity contribution is -0.0822. The van der Waals surface area contributed by atoms with Gasteiger partial charge in [0.1, 0.15) is 13.0 Å². The fraction of sp³-hybridized carbons (Fsp3) is 0.583. The Balaban J connectivity index is 1.93. The molecule has 2 heterocycles. The van der Waals surface area contributed by atoms with Crippen molar-refractivity contribution in [3.8, 4) is 0 Å². The molecule has 0 aromatic carbocycles. The van der Waals surface area contributed by atoms with E-state index in [9.17, 15) is 0 Å². The van der Waals surface area contributed by atoms with Crippen LogP contribution in [0.25, 0.3) is 0 Å². The molecule has 0 radical (unpaired) electrons. The number of pyridine rings is 1. The third-order valence-electron chi connectivity index (χ3n) is 2.72. The quantitative estimate of drug-likeness (QED) is 0.564. The van der Waals surface area contributed by atoms with E-state index >= 15 is 0 Å². The molecule has 16 heavy (non-hydrogen) atoms. The van der Waals surface area contributed by atoms with Crippen LogP contribution in [0.3, 0.4) is 0 Å². The van der Waals surface area contributed by atoms with Gasteiger partial charge in [-0.25, -0.2) is 0 Å². The van der Waals surface area contributed by atoms with Crippen molar-refractivity contribution in [3.05, 3.63) is 24.5 Å². The summed E-state index contributed by atoms with van der Waals surface area (Å²) in [6.07, 6.45) is 6.02. The first-order valence-electron chi connectivity index (χ1n) is 5.78. The summed E-state index contributed by atoms with van der Waals surface area (Å²) in [7, 11) is 0. The van der Waals surface area contributed by atoms with Crippen molar-refractivity contribution in [2.75, 3.05) is 24.8 Å². The van der Waals surface area contributed by atoms with Gasteiger partial charge in [-0.2, -0.15) is 0 Å². The minimum absolute atomic E-state index is 0.135. The van der Waals surface area contributed by atoms with E-state index in [2.05, 4.69) is 16.0 Å². The van der Waals surface area contributed by atoms with Gasteiger partial charge >= 0.3 is 0 Å². The molecule has 1 aliphatic rings. The third-order valence-corrected chi connectivity index (χ3v) is 2.72. The number of hydrogen-bond acceptors (Lipinski definition) is 4. The molecule has 0 saturated carbocycles. The maximum Gasteiger partial charge on any atom is 0.149 e. The van der Waals surface area contributed by atoms with Crippen LogP contribution in [0, 0.1) is 0 Å². The van der Waals surface area contributed by atoms with Crippen LogP contribution in [0.2, 0.25) is 0 Å². The van der Waals surface area contributed by atoms with E-state index in [1.54, 1.807) is 6.20 Å². The molecular formula is C12H18N2O2. The zero-order valence-corrected chi connectivity index (χ0v) is 9.63. The van der Waals surface area contributed by atoms with E-state index in [0.717, 1.165) is 25.1 Å². The molecule has 1 unspecified atom stereocenters. The Morgan fingerprint density at radius 3 is 3.25 bits per heavy atom. The molecule has 0 bridgehead atoms. The van der Waals surface area contributed by atoms with E-state index in [4.69, 9.17) is 9.47 Å². The molecule has 1 atom stereocenters. The normalized spacial score (nSPS) is 20.3. The van der Waals surface area contributed by atoms with Crippen molar-refractivity contribution in [2.45, 2.75) is 26.0 Å². The second kappa shape index (κ2) is 5.82. The van der Waals surface area contributed by atoms with Gasteiger partial charge in [-0.05, 0) is 31.9 Å². The van der Waals surface area contributed by atoms with Crippen LogP contribution in [0.1, 0.15) is 19.8 Å². The third kappa shape index (κ3) is 2.71. The summed E-state index contributed by atoms with van der Waals surface area (Å²) in [4.78, 5) is 6.37.